The van der Waals surface area contributed by atoms with Crippen LogP contribution in [0.15, 0.2) is 18.2 Å². The summed E-state index contributed by atoms with van der Waals surface area (Å²) in [5, 5.41) is 0.985. The third-order valence-electron chi connectivity index (χ3n) is 3.10. The standard InChI is InChI=1S/C12H16Cl2N2O3S/c1-15(9-10-2-3-11(13)8-12(10)14)20(17,18)16-4-6-19-7-5-16/h2-3,8H,4-7,9H2,1H3. The first-order chi connectivity index (χ1) is 9.41. The van der Waals surface area contributed by atoms with Crippen molar-refractivity contribution in [3.63, 3.8) is 0 Å². The topological polar surface area (TPSA) is 49.9 Å². The zero-order valence-electron chi connectivity index (χ0n) is 11.1. The van der Waals surface area contributed by atoms with Crippen molar-refractivity contribution in [2.45, 2.75) is 6.54 Å². The largest absolute Gasteiger partial charge is 0.379 e. The summed E-state index contributed by atoms with van der Waals surface area (Å²) < 4.78 is 32.7. The molecule has 1 aliphatic rings. The van der Waals surface area contributed by atoms with E-state index in [1.54, 1.807) is 18.2 Å². The number of nitrogens with zero attached hydrogens (tertiary/aromatic N) is 2. The van der Waals surface area contributed by atoms with Crippen molar-refractivity contribution in [2.75, 3.05) is 33.4 Å². The molecule has 0 radical (unpaired) electrons. The van der Waals surface area contributed by atoms with Crippen molar-refractivity contribution < 1.29 is 13.2 Å². The van der Waals surface area contributed by atoms with Gasteiger partial charge in [0.2, 0.25) is 0 Å². The molecule has 20 heavy (non-hydrogen) atoms. The molecule has 0 unspecified atom stereocenters. The Morgan fingerprint density at radius 2 is 1.95 bits per heavy atom. The SMILES string of the molecule is CN(Cc1ccc(Cl)cc1Cl)S(=O)(=O)N1CCOCC1. The van der Waals surface area contributed by atoms with Gasteiger partial charge in [-0.15, -0.1) is 0 Å². The molecule has 1 fully saturated rings. The lowest BCUT2D eigenvalue weighted by molar-refractivity contribution is 0.0705. The Balaban J connectivity index is 2.12. The van der Waals surface area contributed by atoms with Crippen molar-refractivity contribution in [1.82, 2.24) is 8.61 Å². The van der Waals surface area contributed by atoms with E-state index in [0.29, 0.717) is 36.3 Å². The van der Waals surface area contributed by atoms with Crippen LogP contribution in [-0.2, 0) is 21.5 Å². The summed E-state index contributed by atoms with van der Waals surface area (Å²) in [6.45, 7) is 1.81. The van der Waals surface area contributed by atoms with Crippen LogP contribution < -0.4 is 0 Å². The lowest BCUT2D eigenvalue weighted by Crippen LogP contribution is -2.47. The van der Waals surface area contributed by atoms with E-state index < -0.39 is 10.2 Å². The Labute approximate surface area is 129 Å². The zero-order valence-corrected chi connectivity index (χ0v) is 13.4. The van der Waals surface area contributed by atoms with Gasteiger partial charge in [-0.1, -0.05) is 29.3 Å². The van der Waals surface area contributed by atoms with E-state index >= 15 is 0 Å². The fourth-order valence-electron chi connectivity index (χ4n) is 1.95. The summed E-state index contributed by atoms with van der Waals surface area (Å²) in [6, 6.07) is 5.03. The van der Waals surface area contributed by atoms with Crippen LogP contribution >= 0.6 is 23.2 Å². The maximum atomic E-state index is 12.4. The molecule has 8 heteroatoms. The van der Waals surface area contributed by atoms with Crippen molar-refractivity contribution in [2.24, 2.45) is 0 Å². The highest BCUT2D eigenvalue weighted by Gasteiger charge is 2.28. The van der Waals surface area contributed by atoms with Gasteiger partial charge >= 0.3 is 0 Å². The van der Waals surface area contributed by atoms with Gasteiger partial charge in [-0.05, 0) is 17.7 Å². The highest BCUT2D eigenvalue weighted by atomic mass is 35.5. The minimum atomic E-state index is -3.49. The molecule has 1 heterocycles. The summed E-state index contributed by atoms with van der Waals surface area (Å²) in [6.07, 6.45) is 0. The van der Waals surface area contributed by atoms with Gasteiger partial charge in [0.15, 0.2) is 0 Å². The van der Waals surface area contributed by atoms with Crippen LogP contribution in [0.4, 0.5) is 0 Å². The molecule has 2 rings (SSSR count). The number of ether oxygens (including phenoxy) is 1. The van der Waals surface area contributed by atoms with Crippen molar-refractivity contribution in [1.29, 1.82) is 0 Å². The molecule has 1 aromatic rings. The molecule has 0 aromatic heterocycles. The van der Waals surface area contributed by atoms with Crippen LogP contribution in [0.25, 0.3) is 0 Å². The van der Waals surface area contributed by atoms with Crippen LogP contribution in [0.2, 0.25) is 10.0 Å². The number of morpholine rings is 1. The molecule has 0 N–H and O–H groups in total. The fourth-order valence-corrected chi connectivity index (χ4v) is 3.72. The van der Waals surface area contributed by atoms with E-state index in [0.717, 1.165) is 5.56 Å². The molecule has 5 nitrogen and oxygen atoms in total. The predicted octanol–water partition coefficient (Wildman–Crippen LogP) is 2.00. The van der Waals surface area contributed by atoms with E-state index in [4.69, 9.17) is 27.9 Å². The molecule has 1 aromatic carbocycles. The smallest absolute Gasteiger partial charge is 0.282 e. The van der Waals surface area contributed by atoms with Crippen LogP contribution in [0.5, 0.6) is 0 Å². The quantitative estimate of drug-likeness (QED) is 0.843. The summed E-state index contributed by atoms with van der Waals surface area (Å²) in [5.74, 6) is 0. The van der Waals surface area contributed by atoms with Crippen LogP contribution in [0.1, 0.15) is 5.56 Å². The van der Waals surface area contributed by atoms with E-state index in [-0.39, 0.29) is 6.54 Å². The first-order valence-electron chi connectivity index (χ1n) is 6.14. The summed E-state index contributed by atoms with van der Waals surface area (Å²) >= 11 is 11.9. The number of halogens is 2. The van der Waals surface area contributed by atoms with E-state index in [1.807, 2.05) is 0 Å². The lowest BCUT2D eigenvalue weighted by Gasteiger charge is -2.30. The predicted molar refractivity (Wildman–Crippen MR) is 79.2 cm³/mol. The second-order valence-electron chi connectivity index (χ2n) is 4.51. The number of hydrogen-bond donors (Lipinski definition) is 0. The summed E-state index contributed by atoms with van der Waals surface area (Å²) in [5.41, 5.74) is 0.718. The molecule has 0 aliphatic carbocycles. The first-order valence-corrected chi connectivity index (χ1v) is 8.29. The molecule has 0 spiro atoms. The maximum absolute atomic E-state index is 12.4. The Bertz CT molecular complexity index is 574. The Morgan fingerprint density at radius 3 is 2.55 bits per heavy atom. The molecule has 0 amide bonds. The number of benzene rings is 1. The third-order valence-corrected chi connectivity index (χ3v) is 5.62. The van der Waals surface area contributed by atoms with Gasteiger partial charge in [-0.25, -0.2) is 0 Å². The van der Waals surface area contributed by atoms with Crippen molar-refractivity contribution in [3.8, 4) is 0 Å². The highest BCUT2D eigenvalue weighted by Crippen LogP contribution is 2.23. The van der Waals surface area contributed by atoms with E-state index in [2.05, 4.69) is 0 Å². The molecule has 112 valence electrons. The summed E-state index contributed by atoms with van der Waals surface area (Å²) in [7, 11) is -1.95. The van der Waals surface area contributed by atoms with E-state index in [1.165, 1.54) is 15.7 Å². The highest BCUT2D eigenvalue weighted by molar-refractivity contribution is 7.86. The Kier molecular flexibility index (Phi) is 5.28. The van der Waals surface area contributed by atoms with Crippen molar-refractivity contribution >= 4 is 33.4 Å². The summed E-state index contributed by atoms with van der Waals surface area (Å²) in [4.78, 5) is 0. The Morgan fingerprint density at radius 1 is 1.30 bits per heavy atom. The van der Waals surface area contributed by atoms with Crippen LogP contribution in [-0.4, -0.2) is 50.4 Å². The van der Waals surface area contributed by atoms with Gasteiger partial charge < -0.3 is 4.74 Å². The number of rotatable bonds is 4. The third kappa shape index (κ3) is 3.63. The molecule has 0 saturated carbocycles. The minimum Gasteiger partial charge on any atom is -0.379 e. The molecular formula is C12H16Cl2N2O3S. The Hall–Kier alpha value is -0.370. The van der Waals surface area contributed by atoms with Gasteiger partial charge in [0.25, 0.3) is 10.2 Å². The normalized spacial score (nSPS) is 17.6. The van der Waals surface area contributed by atoms with Crippen LogP contribution in [0, 0.1) is 0 Å². The number of hydrogen-bond acceptors (Lipinski definition) is 3. The lowest BCUT2D eigenvalue weighted by atomic mass is 10.2. The monoisotopic (exact) mass is 338 g/mol. The molecule has 0 bridgehead atoms. The second kappa shape index (κ2) is 6.60. The fraction of sp³-hybridized carbons (Fsp3) is 0.500. The second-order valence-corrected chi connectivity index (χ2v) is 7.39. The van der Waals surface area contributed by atoms with Gasteiger partial charge in [-0.2, -0.15) is 17.0 Å². The van der Waals surface area contributed by atoms with Crippen LogP contribution in [0.3, 0.4) is 0 Å². The van der Waals surface area contributed by atoms with Crippen molar-refractivity contribution in [3.05, 3.63) is 33.8 Å². The molecular weight excluding hydrogens is 323 g/mol. The molecule has 1 aliphatic heterocycles. The molecule has 0 atom stereocenters. The maximum Gasteiger partial charge on any atom is 0.282 e. The van der Waals surface area contributed by atoms with Gasteiger partial charge in [0.05, 0.1) is 13.2 Å². The first kappa shape index (κ1) is 16.0. The minimum absolute atomic E-state index is 0.204. The van der Waals surface area contributed by atoms with Gasteiger partial charge in [0, 0.05) is 36.7 Å². The van der Waals surface area contributed by atoms with Gasteiger partial charge in [-0.3, -0.25) is 0 Å². The average molecular weight is 339 g/mol. The molecule has 1 saturated heterocycles. The van der Waals surface area contributed by atoms with E-state index in [9.17, 15) is 8.42 Å². The van der Waals surface area contributed by atoms with Gasteiger partial charge in [0.1, 0.15) is 0 Å². The average Bonchev–Trinajstić information content (AvgIpc) is 2.42. The zero-order chi connectivity index (χ0) is 14.8.